The number of hydrogen-bond donors (Lipinski definition) is 1. The van der Waals surface area contributed by atoms with Crippen molar-refractivity contribution in [3.8, 4) is 0 Å². The summed E-state index contributed by atoms with van der Waals surface area (Å²) in [4.78, 5) is 13.8. The number of anilines is 1. The first-order valence-electron chi connectivity index (χ1n) is 11.2. The second kappa shape index (κ2) is 8.10. The molecule has 0 unspecified atom stereocenters. The van der Waals surface area contributed by atoms with Crippen LogP contribution in [0, 0.1) is 0 Å². The number of fused-ring (bicyclic) bond motifs is 1. The Morgan fingerprint density at radius 3 is 2.69 bits per heavy atom. The van der Waals surface area contributed by atoms with Gasteiger partial charge >= 0.3 is 0 Å². The standard InChI is InChI=1S/C26H24N4OS/c31-25(16-32-22-13-10-19-9-8-18-3-1-4-21(22)26(18)19)27-20-11-6-17(7-12-20)15-24-29-28-23-5-2-14-30(23)24/h1,3-4,6-7,10-13H,2,5,8-9,14-16H2,(H,27,31). The molecule has 1 N–H and O–H groups in total. The molecule has 0 atom stereocenters. The molecule has 6 rings (SSSR count). The van der Waals surface area contributed by atoms with Gasteiger partial charge in [0.25, 0.3) is 0 Å². The maximum Gasteiger partial charge on any atom is 0.234 e. The van der Waals surface area contributed by atoms with Crippen molar-refractivity contribution in [2.75, 3.05) is 11.1 Å². The van der Waals surface area contributed by atoms with Gasteiger partial charge in [0.1, 0.15) is 11.6 Å². The van der Waals surface area contributed by atoms with E-state index < -0.39 is 0 Å². The summed E-state index contributed by atoms with van der Waals surface area (Å²) in [7, 11) is 0. The summed E-state index contributed by atoms with van der Waals surface area (Å²) in [6, 6.07) is 19.0. The Morgan fingerprint density at radius 1 is 0.969 bits per heavy atom. The fraction of sp³-hybridized carbons (Fsp3) is 0.269. The van der Waals surface area contributed by atoms with Gasteiger partial charge in [-0.2, -0.15) is 0 Å². The number of rotatable bonds is 6. The van der Waals surface area contributed by atoms with Crippen molar-refractivity contribution >= 4 is 34.1 Å². The van der Waals surface area contributed by atoms with Gasteiger partial charge in [-0.3, -0.25) is 4.79 Å². The molecule has 5 nitrogen and oxygen atoms in total. The van der Waals surface area contributed by atoms with Gasteiger partial charge in [0.15, 0.2) is 0 Å². The van der Waals surface area contributed by atoms with Crippen molar-refractivity contribution in [2.24, 2.45) is 0 Å². The third-order valence-electron chi connectivity index (χ3n) is 6.48. The van der Waals surface area contributed by atoms with Crippen molar-refractivity contribution < 1.29 is 4.79 Å². The van der Waals surface area contributed by atoms with Crippen LogP contribution in [0.25, 0.3) is 10.8 Å². The third-order valence-corrected chi connectivity index (χ3v) is 7.56. The average Bonchev–Trinajstić information content (AvgIpc) is 3.53. The summed E-state index contributed by atoms with van der Waals surface area (Å²) in [5.41, 5.74) is 4.86. The van der Waals surface area contributed by atoms with E-state index in [1.807, 2.05) is 12.1 Å². The van der Waals surface area contributed by atoms with E-state index in [9.17, 15) is 4.79 Å². The maximum atomic E-state index is 12.6. The Morgan fingerprint density at radius 2 is 1.81 bits per heavy atom. The predicted molar refractivity (Wildman–Crippen MR) is 128 cm³/mol. The van der Waals surface area contributed by atoms with Gasteiger partial charge in [0.05, 0.1) is 5.75 Å². The molecule has 160 valence electrons. The number of nitrogens with one attached hydrogen (secondary N) is 1. The van der Waals surface area contributed by atoms with Gasteiger partial charge in [-0.15, -0.1) is 22.0 Å². The van der Waals surface area contributed by atoms with E-state index in [1.54, 1.807) is 11.8 Å². The SMILES string of the molecule is O=C(CSc1ccc2c3c(cccc13)CC2)Nc1ccc(Cc2nnc3n2CCC3)cc1. The van der Waals surface area contributed by atoms with Gasteiger partial charge in [-0.05, 0) is 64.9 Å². The number of carbonyl (C=O) groups excluding carboxylic acids is 1. The molecule has 6 heteroatoms. The monoisotopic (exact) mass is 440 g/mol. The molecule has 0 spiro atoms. The summed E-state index contributed by atoms with van der Waals surface area (Å²) in [5.74, 6) is 2.53. The molecule has 1 aliphatic carbocycles. The van der Waals surface area contributed by atoms with Gasteiger partial charge in [0.2, 0.25) is 5.91 Å². The largest absolute Gasteiger partial charge is 0.325 e. The molecule has 2 heterocycles. The van der Waals surface area contributed by atoms with Crippen molar-refractivity contribution in [1.82, 2.24) is 14.8 Å². The topological polar surface area (TPSA) is 59.8 Å². The molecule has 32 heavy (non-hydrogen) atoms. The highest BCUT2D eigenvalue weighted by Gasteiger charge is 2.18. The molecule has 1 aromatic heterocycles. The minimum Gasteiger partial charge on any atom is -0.325 e. The van der Waals surface area contributed by atoms with Gasteiger partial charge in [-0.25, -0.2) is 0 Å². The van der Waals surface area contributed by atoms with Crippen LogP contribution in [0.3, 0.4) is 0 Å². The van der Waals surface area contributed by atoms with Crippen LogP contribution < -0.4 is 5.32 Å². The first kappa shape index (κ1) is 19.6. The summed E-state index contributed by atoms with van der Waals surface area (Å²) in [6.07, 6.45) is 5.19. The molecule has 1 amide bonds. The van der Waals surface area contributed by atoms with Crippen LogP contribution in [-0.4, -0.2) is 26.4 Å². The number of hydrogen-bond acceptors (Lipinski definition) is 4. The molecule has 0 fully saturated rings. The fourth-order valence-corrected chi connectivity index (χ4v) is 5.76. The van der Waals surface area contributed by atoms with E-state index in [4.69, 9.17) is 0 Å². The normalized spacial score (nSPS) is 14.1. The maximum absolute atomic E-state index is 12.6. The molecule has 0 saturated heterocycles. The number of benzene rings is 3. The lowest BCUT2D eigenvalue weighted by Gasteiger charge is -2.10. The number of amides is 1. The van der Waals surface area contributed by atoms with E-state index in [-0.39, 0.29) is 5.91 Å². The van der Waals surface area contributed by atoms with Crippen LogP contribution in [0.5, 0.6) is 0 Å². The average molecular weight is 441 g/mol. The van der Waals surface area contributed by atoms with E-state index in [0.717, 1.165) is 56.0 Å². The first-order chi connectivity index (χ1) is 15.7. The van der Waals surface area contributed by atoms with E-state index >= 15 is 0 Å². The zero-order valence-electron chi connectivity index (χ0n) is 17.8. The van der Waals surface area contributed by atoms with Crippen LogP contribution in [0.1, 0.15) is 34.8 Å². The minimum absolute atomic E-state index is 0.0151. The van der Waals surface area contributed by atoms with Gasteiger partial charge in [-0.1, -0.05) is 36.4 Å². The van der Waals surface area contributed by atoms with Crippen LogP contribution >= 0.6 is 11.8 Å². The predicted octanol–water partition coefficient (Wildman–Crippen LogP) is 4.80. The summed E-state index contributed by atoms with van der Waals surface area (Å²) in [6.45, 7) is 1.02. The number of thioether (sulfide) groups is 1. The van der Waals surface area contributed by atoms with Crippen molar-refractivity contribution in [3.63, 3.8) is 0 Å². The highest BCUT2D eigenvalue weighted by Crippen LogP contribution is 2.36. The molecule has 4 aromatic rings. The Balaban J connectivity index is 1.09. The Bertz CT molecular complexity index is 1320. The number of aryl methyl sites for hydroxylation is 3. The van der Waals surface area contributed by atoms with E-state index in [0.29, 0.717) is 5.75 Å². The fourth-order valence-electron chi connectivity index (χ4n) is 4.92. The molecule has 3 aromatic carbocycles. The number of aromatic nitrogens is 3. The summed E-state index contributed by atoms with van der Waals surface area (Å²) in [5, 5.41) is 14.3. The number of carbonyl (C=O) groups is 1. The Kier molecular flexibility index (Phi) is 4.95. The van der Waals surface area contributed by atoms with Gasteiger partial charge < -0.3 is 9.88 Å². The van der Waals surface area contributed by atoms with E-state index in [1.165, 1.54) is 32.4 Å². The lowest BCUT2D eigenvalue weighted by atomic mass is 10.1. The van der Waals surface area contributed by atoms with Crippen LogP contribution in [0.15, 0.2) is 59.5 Å². The van der Waals surface area contributed by atoms with Crippen LogP contribution in [0.4, 0.5) is 5.69 Å². The highest BCUT2D eigenvalue weighted by atomic mass is 32.2. The highest BCUT2D eigenvalue weighted by molar-refractivity contribution is 8.00. The minimum atomic E-state index is 0.0151. The molecule has 2 aliphatic rings. The smallest absolute Gasteiger partial charge is 0.234 e. The van der Waals surface area contributed by atoms with Gasteiger partial charge in [0, 0.05) is 30.0 Å². The molecule has 0 radical (unpaired) electrons. The second-order valence-electron chi connectivity index (χ2n) is 8.56. The molecule has 1 aliphatic heterocycles. The van der Waals surface area contributed by atoms with Crippen molar-refractivity contribution in [1.29, 1.82) is 0 Å². The van der Waals surface area contributed by atoms with Crippen molar-refractivity contribution in [2.45, 2.75) is 43.5 Å². The quantitative estimate of drug-likeness (QED) is 0.438. The lowest BCUT2D eigenvalue weighted by molar-refractivity contribution is -0.113. The number of nitrogens with zero attached hydrogens (tertiary/aromatic N) is 3. The molecular weight excluding hydrogens is 416 g/mol. The summed E-state index contributed by atoms with van der Waals surface area (Å²) < 4.78 is 2.23. The van der Waals surface area contributed by atoms with Crippen LogP contribution in [-0.2, 0) is 37.0 Å². The zero-order chi connectivity index (χ0) is 21.5. The van der Waals surface area contributed by atoms with E-state index in [2.05, 4.69) is 62.5 Å². The summed E-state index contributed by atoms with van der Waals surface area (Å²) >= 11 is 1.61. The Labute approximate surface area is 191 Å². The second-order valence-corrected chi connectivity index (χ2v) is 9.58. The molecular formula is C26H24N4OS. The molecule has 0 bridgehead atoms. The lowest BCUT2D eigenvalue weighted by Crippen LogP contribution is -2.14. The molecule has 0 saturated carbocycles. The first-order valence-corrected chi connectivity index (χ1v) is 12.2. The van der Waals surface area contributed by atoms with Crippen molar-refractivity contribution in [3.05, 3.63) is 82.9 Å². The van der Waals surface area contributed by atoms with Crippen LogP contribution in [0.2, 0.25) is 0 Å². The Hall–Kier alpha value is -3.12. The third kappa shape index (κ3) is 3.58. The zero-order valence-corrected chi connectivity index (χ0v) is 18.6.